The minimum atomic E-state index is -1.15. The molecule has 0 aliphatic rings. The van der Waals surface area contributed by atoms with Crippen molar-refractivity contribution in [2.75, 3.05) is 19.4 Å². The topological polar surface area (TPSA) is 86.9 Å². The summed E-state index contributed by atoms with van der Waals surface area (Å²) in [6.07, 6.45) is 1.90. The number of pyridine rings is 1. The maximum Gasteiger partial charge on any atom is 0.409 e. The lowest BCUT2D eigenvalue weighted by atomic mass is 10.2. The van der Waals surface area contributed by atoms with Crippen molar-refractivity contribution in [1.29, 1.82) is 0 Å². The molecular formula is C11H12N4O3. The lowest BCUT2D eigenvalue weighted by Crippen LogP contribution is -2.21. The highest BCUT2D eigenvalue weighted by atomic mass is 16.4. The van der Waals surface area contributed by atoms with Crippen molar-refractivity contribution in [2.45, 2.75) is 0 Å². The predicted octanol–water partition coefficient (Wildman–Crippen LogP) is 1.13. The van der Waals surface area contributed by atoms with Crippen LogP contribution >= 0.6 is 0 Å². The number of hydrogen-bond acceptors (Lipinski definition) is 3. The van der Waals surface area contributed by atoms with Crippen LogP contribution in [0.2, 0.25) is 0 Å². The fourth-order valence-corrected chi connectivity index (χ4v) is 1.59. The Morgan fingerprint density at radius 2 is 2.17 bits per heavy atom. The number of anilines is 1. The molecule has 2 amide bonds. The number of hydrogen-bond donors (Lipinski definition) is 2. The van der Waals surface area contributed by atoms with Gasteiger partial charge < -0.3 is 10.0 Å². The Morgan fingerprint density at radius 1 is 1.44 bits per heavy atom. The van der Waals surface area contributed by atoms with Crippen LogP contribution in [0, 0.1) is 0 Å². The summed E-state index contributed by atoms with van der Waals surface area (Å²) in [5, 5.41) is 14.9. The number of carboxylic acid groups (broad SMARTS) is 1. The van der Waals surface area contributed by atoms with Gasteiger partial charge in [-0.15, -0.1) is 0 Å². The minimum absolute atomic E-state index is 0.183. The summed E-state index contributed by atoms with van der Waals surface area (Å²) in [5.41, 5.74) is 1.37. The Bertz CT molecular complexity index is 618. The average Bonchev–Trinajstić information content (AvgIpc) is 2.70. The third kappa shape index (κ3) is 2.10. The summed E-state index contributed by atoms with van der Waals surface area (Å²) >= 11 is 0. The first-order chi connectivity index (χ1) is 8.49. The molecule has 2 rings (SSSR count). The van der Waals surface area contributed by atoms with Crippen LogP contribution in [-0.2, 0) is 0 Å². The molecule has 0 spiro atoms. The van der Waals surface area contributed by atoms with E-state index in [1.165, 1.54) is 15.6 Å². The van der Waals surface area contributed by atoms with E-state index < -0.39 is 6.09 Å². The van der Waals surface area contributed by atoms with Crippen molar-refractivity contribution < 1.29 is 14.7 Å². The molecule has 2 heterocycles. The standard InChI is InChI=1S/C11H12N4O3/c1-14(2)10(16)8-6-12-15-4-3-7(5-9(8)15)13-11(17)18/h3-6,13H,1-2H3,(H,17,18). The van der Waals surface area contributed by atoms with Crippen molar-refractivity contribution in [3.63, 3.8) is 0 Å². The van der Waals surface area contributed by atoms with E-state index in [2.05, 4.69) is 10.4 Å². The van der Waals surface area contributed by atoms with Gasteiger partial charge in [0.15, 0.2) is 0 Å². The van der Waals surface area contributed by atoms with Gasteiger partial charge in [-0.05, 0) is 12.1 Å². The molecule has 0 aromatic carbocycles. The van der Waals surface area contributed by atoms with E-state index in [9.17, 15) is 9.59 Å². The second-order valence-electron chi connectivity index (χ2n) is 3.93. The maximum atomic E-state index is 11.9. The van der Waals surface area contributed by atoms with Crippen LogP contribution in [0.5, 0.6) is 0 Å². The van der Waals surface area contributed by atoms with E-state index in [0.29, 0.717) is 16.8 Å². The van der Waals surface area contributed by atoms with Gasteiger partial charge in [0.05, 0.1) is 17.3 Å². The number of rotatable bonds is 2. The summed E-state index contributed by atoms with van der Waals surface area (Å²) in [7, 11) is 3.29. The van der Waals surface area contributed by atoms with E-state index in [-0.39, 0.29) is 5.91 Å². The molecular weight excluding hydrogens is 236 g/mol. The molecule has 0 aliphatic carbocycles. The monoisotopic (exact) mass is 248 g/mol. The van der Waals surface area contributed by atoms with Gasteiger partial charge in [-0.25, -0.2) is 9.31 Å². The van der Waals surface area contributed by atoms with Gasteiger partial charge in [0, 0.05) is 26.0 Å². The quantitative estimate of drug-likeness (QED) is 0.833. The van der Waals surface area contributed by atoms with E-state index in [1.807, 2.05) is 0 Å². The molecule has 0 aliphatic heterocycles. The van der Waals surface area contributed by atoms with E-state index in [4.69, 9.17) is 5.11 Å². The molecule has 0 bridgehead atoms. The zero-order chi connectivity index (χ0) is 13.3. The Hall–Kier alpha value is -2.57. The molecule has 7 heteroatoms. The zero-order valence-corrected chi connectivity index (χ0v) is 9.91. The van der Waals surface area contributed by atoms with Crippen LogP contribution < -0.4 is 5.32 Å². The summed E-state index contributed by atoms with van der Waals surface area (Å²) < 4.78 is 1.52. The van der Waals surface area contributed by atoms with Gasteiger partial charge in [-0.3, -0.25) is 10.1 Å². The molecule has 18 heavy (non-hydrogen) atoms. The molecule has 0 saturated carbocycles. The third-order valence-electron chi connectivity index (χ3n) is 2.41. The van der Waals surface area contributed by atoms with Crippen molar-refractivity contribution in [3.8, 4) is 0 Å². The Labute approximate surface area is 103 Å². The van der Waals surface area contributed by atoms with Gasteiger partial charge in [0.2, 0.25) is 0 Å². The summed E-state index contributed by atoms with van der Waals surface area (Å²) in [6.45, 7) is 0. The lowest BCUT2D eigenvalue weighted by molar-refractivity contribution is 0.0829. The maximum absolute atomic E-state index is 11.9. The lowest BCUT2D eigenvalue weighted by Gasteiger charge is -2.09. The Balaban J connectivity index is 2.49. The molecule has 0 fully saturated rings. The number of carbonyl (C=O) groups is 2. The van der Waals surface area contributed by atoms with Crippen LogP contribution in [0.3, 0.4) is 0 Å². The highest BCUT2D eigenvalue weighted by molar-refractivity contribution is 6.01. The summed E-state index contributed by atoms with van der Waals surface area (Å²) in [6, 6.07) is 3.13. The zero-order valence-electron chi connectivity index (χ0n) is 9.91. The van der Waals surface area contributed by atoms with Crippen molar-refractivity contribution >= 4 is 23.2 Å². The number of nitrogens with zero attached hydrogens (tertiary/aromatic N) is 3. The molecule has 7 nitrogen and oxygen atoms in total. The van der Waals surface area contributed by atoms with Crippen LogP contribution in [0.4, 0.5) is 10.5 Å². The highest BCUT2D eigenvalue weighted by Gasteiger charge is 2.14. The highest BCUT2D eigenvalue weighted by Crippen LogP contribution is 2.17. The van der Waals surface area contributed by atoms with Crippen molar-refractivity contribution in [2.24, 2.45) is 0 Å². The second kappa shape index (κ2) is 4.36. The predicted molar refractivity (Wildman–Crippen MR) is 64.9 cm³/mol. The first-order valence-corrected chi connectivity index (χ1v) is 5.18. The molecule has 0 saturated heterocycles. The van der Waals surface area contributed by atoms with Crippen LogP contribution in [0.1, 0.15) is 10.4 Å². The first kappa shape index (κ1) is 11.9. The van der Waals surface area contributed by atoms with E-state index >= 15 is 0 Å². The van der Waals surface area contributed by atoms with Crippen LogP contribution in [0.15, 0.2) is 24.5 Å². The Kier molecular flexibility index (Phi) is 2.88. The van der Waals surface area contributed by atoms with E-state index in [1.54, 1.807) is 32.4 Å². The first-order valence-electron chi connectivity index (χ1n) is 5.18. The van der Waals surface area contributed by atoms with Gasteiger partial charge in [0.1, 0.15) is 0 Å². The molecule has 2 aromatic heterocycles. The second-order valence-corrected chi connectivity index (χ2v) is 3.93. The normalized spacial score (nSPS) is 10.3. The van der Waals surface area contributed by atoms with Crippen molar-refractivity contribution in [3.05, 3.63) is 30.1 Å². The van der Waals surface area contributed by atoms with Crippen LogP contribution in [0.25, 0.3) is 5.52 Å². The van der Waals surface area contributed by atoms with Gasteiger partial charge in [0.25, 0.3) is 5.91 Å². The largest absolute Gasteiger partial charge is 0.465 e. The van der Waals surface area contributed by atoms with Gasteiger partial charge in [-0.1, -0.05) is 0 Å². The fourth-order valence-electron chi connectivity index (χ4n) is 1.59. The number of amides is 2. The van der Waals surface area contributed by atoms with Crippen molar-refractivity contribution in [1.82, 2.24) is 14.5 Å². The van der Waals surface area contributed by atoms with Gasteiger partial charge in [-0.2, -0.15) is 5.10 Å². The number of carbonyl (C=O) groups excluding carboxylic acids is 1. The molecule has 2 aromatic rings. The molecule has 0 radical (unpaired) electrons. The average molecular weight is 248 g/mol. The molecule has 0 unspecified atom stereocenters. The summed E-state index contributed by atoms with van der Waals surface area (Å²) in [5.74, 6) is -0.183. The third-order valence-corrected chi connectivity index (χ3v) is 2.41. The van der Waals surface area contributed by atoms with Crippen LogP contribution in [-0.4, -0.2) is 45.7 Å². The number of fused-ring (bicyclic) bond motifs is 1. The number of aromatic nitrogens is 2. The molecule has 0 atom stereocenters. The van der Waals surface area contributed by atoms with Gasteiger partial charge >= 0.3 is 6.09 Å². The Morgan fingerprint density at radius 3 is 2.78 bits per heavy atom. The minimum Gasteiger partial charge on any atom is -0.465 e. The summed E-state index contributed by atoms with van der Waals surface area (Å²) in [4.78, 5) is 23.9. The van der Waals surface area contributed by atoms with E-state index in [0.717, 1.165) is 0 Å². The fraction of sp³-hybridized carbons (Fsp3) is 0.182. The SMILES string of the molecule is CN(C)C(=O)c1cnn2ccc(NC(=O)O)cc12. The number of nitrogens with one attached hydrogen (secondary N) is 1. The smallest absolute Gasteiger partial charge is 0.409 e. The molecule has 94 valence electrons. The molecule has 2 N–H and O–H groups in total.